The van der Waals surface area contributed by atoms with Gasteiger partial charge >= 0.3 is 0 Å². The summed E-state index contributed by atoms with van der Waals surface area (Å²) in [5.74, 6) is 0. The molecule has 0 aliphatic rings. The fourth-order valence-corrected chi connectivity index (χ4v) is 2.96. The van der Waals surface area contributed by atoms with Crippen molar-refractivity contribution in [2.75, 3.05) is 11.0 Å². The summed E-state index contributed by atoms with van der Waals surface area (Å²) < 4.78 is 25.1. The SMILES string of the molecule is CS(=O)(=O)Nc1cccc(-c2cc3cc(Cl)ccc3[nH]2)c1. The molecule has 1 aromatic heterocycles. The Labute approximate surface area is 127 Å². The minimum Gasteiger partial charge on any atom is -0.355 e. The third kappa shape index (κ3) is 3.20. The van der Waals surface area contributed by atoms with Crippen molar-refractivity contribution in [1.29, 1.82) is 0 Å². The van der Waals surface area contributed by atoms with Gasteiger partial charge in [-0.15, -0.1) is 0 Å². The molecular weight excluding hydrogens is 308 g/mol. The quantitative estimate of drug-likeness (QED) is 0.769. The number of halogens is 1. The third-order valence-corrected chi connectivity index (χ3v) is 3.90. The summed E-state index contributed by atoms with van der Waals surface area (Å²) >= 11 is 5.98. The lowest BCUT2D eigenvalue weighted by molar-refractivity contribution is 0.607. The van der Waals surface area contributed by atoms with E-state index < -0.39 is 10.0 Å². The van der Waals surface area contributed by atoms with Crippen molar-refractivity contribution in [1.82, 2.24) is 4.98 Å². The number of H-pyrrole nitrogens is 1. The molecule has 21 heavy (non-hydrogen) atoms. The molecule has 3 rings (SSSR count). The number of hydrogen-bond acceptors (Lipinski definition) is 2. The molecule has 4 nitrogen and oxygen atoms in total. The Kier molecular flexibility index (Phi) is 3.39. The van der Waals surface area contributed by atoms with Gasteiger partial charge in [-0.3, -0.25) is 4.72 Å². The van der Waals surface area contributed by atoms with Crippen molar-refractivity contribution >= 4 is 38.2 Å². The van der Waals surface area contributed by atoms with Crippen molar-refractivity contribution in [3.8, 4) is 11.3 Å². The van der Waals surface area contributed by atoms with Crippen LogP contribution in [0.4, 0.5) is 5.69 Å². The van der Waals surface area contributed by atoms with Crippen LogP contribution in [-0.4, -0.2) is 19.7 Å². The molecule has 0 radical (unpaired) electrons. The number of benzene rings is 2. The van der Waals surface area contributed by atoms with Gasteiger partial charge in [-0.25, -0.2) is 8.42 Å². The normalized spacial score (nSPS) is 11.7. The van der Waals surface area contributed by atoms with E-state index in [-0.39, 0.29) is 0 Å². The number of nitrogens with one attached hydrogen (secondary N) is 2. The molecule has 0 bridgehead atoms. The largest absolute Gasteiger partial charge is 0.355 e. The summed E-state index contributed by atoms with van der Waals surface area (Å²) in [5.41, 5.74) is 3.32. The van der Waals surface area contributed by atoms with Gasteiger partial charge in [0.25, 0.3) is 0 Å². The van der Waals surface area contributed by atoms with Crippen molar-refractivity contribution in [3.05, 3.63) is 53.6 Å². The van der Waals surface area contributed by atoms with Gasteiger partial charge < -0.3 is 4.98 Å². The topological polar surface area (TPSA) is 62.0 Å². The minimum absolute atomic E-state index is 0.534. The summed E-state index contributed by atoms with van der Waals surface area (Å²) in [7, 11) is -3.28. The van der Waals surface area contributed by atoms with Crippen molar-refractivity contribution < 1.29 is 8.42 Å². The summed E-state index contributed by atoms with van der Waals surface area (Å²) in [6, 6.07) is 14.8. The van der Waals surface area contributed by atoms with Crippen LogP contribution in [0.2, 0.25) is 5.02 Å². The van der Waals surface area contributed by atoms with Gasteiger partial charge in [0.05, 0.1) is 6.26 Å². The molecule has 0 fully saturated rings. The highest BCUT2D eigenvalue weighted by Gasteiger charge is 2.06. The van der Waals surface area contributed by atoms with E-state index in [9.17, 15) is 8.42 Å². The first-order chi connectivity index (χ1) is 9.90. The zero-order chi connectivity index (χ0) is 15.0. The average Bonchev–Trinajstić information content (AvgIpc) is 2.80. The Morgan fingerprint density at radius 1 is 1.10 bits per heavy atom. The van der Waals surface area contributed by atoms with E-state index in [1.807, 2.05) is 30.3 Å². The summed E-state index contributed by atoms with van der Waals surface area (Å²) in [6.07, 6.45) is 1.13. The number of sulfonamides is 1. The van der Waals surface area contributed by atoms with Gasteiger partial charge in [-0.2, -0.15) is 0 Å². The molecule has 2 aromatic carbocycles. The van der Waals surface area contributed by atoms with E-state index in [4.69, 9.17) is 11.6 Å². The van der Waals surface area contributed by atoms with Crippen LogP contribution in [0.1, 0.15) is 0 Å². The number of aromatic nitrogens is 1. The highest BCUT2D eigenvalue weighted by atomic mass is 35.5. The fraction of sp³-hybridized carbons (Fsp3) is 0.0667. The van der Waals surface area contributed by atoms with Gasteiger partial charge in [0.15, 0.2) is 0 Å². The summed E-state index contributed by atoms with van der Waals surface area (Å²) in [4.78, 5) is 3.29. The molecule has 0 aliphatic carbocycles. The maximum atomic E-state index is 11.3. The van der Waals surface area contributed by atoms with E-state index in [1.54, 1.807) is 18.2 Å². The van der Waals surface area contributed by atoms with E-state index in [0.29, 0.717) is 10.7 Å². The molecular formula is C15H13ClN2O2S. The molecule has 0 atom stereocenters. The maximum Gasteiger partial charge on any atom is 0.229 e. The number of hydrogen-bond donors (Lipinski definition) is 2. The highest BCUT2D eigenvalue weighted by Crippen LogP contribution is 2.27. The Morgan fingerprint density at radius 2 is 1.90 bits per heavy atom. The number of aromatic amines is 1. The maximum absolute atomic E-state index is 11.3. The van der Waals surface area contributed by atoms with Crippen LogP contribution in [0.15, 0.2) is 48.5 Å². The van der Waals surface area contributed by atoms with Gasteiger partial charge in [0.1, 0.15) is 0 Å². The van der Waals surface area contributed by atoms with Crippen LogP contribution in [0, 0.1) is 0 Å². The first-order valence-corrected chi connectivity index (χ1v) is 8.54. The standard InChI is InChI=1S/C15H13ClN2O2S/c1-21(19,20)18-13-4-2-3-10(8-13)15-9-11-7-12(16)5-6-14(11)17-15/h2-9,17-18H,1H3. The molecule has 3 aromatic rings. The molecule has 0 saturated heterocycles. The molecule has 108 valence electrons. The first-order valence-electron chi connectivity index (χ1n) is 6.27. The number of anilines is 1. The lowest BCUT2D eigenvalue weighted by Crippen LogP contribution is -2.09. The molecule has 0 saturated carbocycles. The second-order valence-corrected chi connectivity index (χ2v) is 7.05. The monoisotopic (exact) mass is 320 g/mol. The van der Waals surface area contributed by atoms with Gasteiger partial charge in [0, 0.05) is 32.9 Å². The van der Waals surface area contributed by atoms with Crippen LogP contribution in [0.3, 0.4) is 0 Å². The van der Waals surface area contributed by atoms with E-state index in [0.717, 1.165) is 28.4 Å². The predicted octanol–water partition coefficient (Wildman–Crippen LogP) is 3.86. The Hall–Kier alpha value is -1.98. The van der Waals surface area contributed by atoms with Crippen molar-refractivity contribution in [3.63, 3.8) is 0 Å². The summed E-state index contributed by atoms with van der Waals surface area (Å²) in [6.45, 7) is 0. The van der Waals surface area contributed by atoms with E-state index in [2.05, 4.69) is 9.71 Å². The fourth-order valence-electron chi connectivity index (χ4n) is 2.22. The van der Waals surface area contributed by atoms with Crippen LogP contribution >= 0.6 is 11.6 Å². The third-order valence-electron chi connectivity index (χ3n) is 3.06. The molecule has 0 aliphatic heterocycles. The minimum atomic E-state index is -3.28. The van der Waals surface area contributed by atoms with Gasteiger partial charge in [-0.1, -0.05) is 23.7 Å². The Balaban J connectivity index is 2.04. The van der Waals surface area contributed by atoms with Gasteiger partial charge in [-0.05, 0) is 36.4 Å². The molecule has 0 amide bonds. The van der Waals surface area contributed by atoms with Crippen molar-refractivity contribution in [2.24, 2.45) is 0 Å². The zero-order valence-corrected chi connectivity index (χ0v) is 12.8. The number of rotatable bonds is 3. The van der Waals surface area contributed by atoms with E-state index >= 15 is 0 Å². The zero-order valence-electron chi connectivity index (χ0n) is 11.2. The molecule has 1 heterocycles. The second kappa shape index (κ2) is 5.09. The molecule has 0 unspecified atom stereocenters. The summed E-state index contributed by atoms with van der Waals surface area (Å²) in [5, 5.41) is 1.69. The smallest absolute Gasteiger partial charge is 0.229 e. The van der Waals surface area contributed by atoms with Crippen molar-refractivity contribution in [2.45, 2.75) is 0 Å². The first kappa shape index (κ1) is 14.0. The molecule has 0 spiro atoms. The second-order valence-electron chi connectivity index (χ2n) is 4.87. The number of fused-ring (bicyclic) bond motifs is 1. The lowest BCUT2D eigenvalue weighted by atomic mass is 10.1. The van der Waals surface area contributed by atoms with Crippen LogP contribution < -0.4 is 4.72 Å². The predicted molar refractivity (Wildman–Crippen MR) is 87.2 cm³/mol. The molecule has 2 N–H and O–H groups in total. The van der Waals surface area contributed by atoms with Crippen LogP contribution in [-0.2, 0) is 10.0 Å². The Morgan fingerprint density at radius 3 is 2.67 bits per heavy atom. The average molecular weight is 321 g/mol. The molecule has 6 heteroatoms. The van der Waals surface area contributed by atoms with Crippen LogP contribution in [0.25, 0.3) is 22.2 Å². The highest BCUT2D eigenvalue weighted by molar-refractivity contribution is 7.92. The van der Waals surface area contributed by atoms with Crippen LogP contribution in [0.5, 0.6) is 0 Å². The van der Waals surface area contributed by atoms with Gasteiger partial charge in [0.2, 0.25) is 10.0 Å². The van der Waals surface area contributed by atoms with E-state index in [1.165, 1.54) is 0 Å². The lowest BCUT2D eigenvalue weighted by Gasteiger charge is -2.05. The Bertz CT molecular complexity index is 916.